The van der Waals surface area contributed by atoms with Crippen LogP contribution >= 0.6 is 0 Å². The van der Waals surface area contributed by atoms with Crippen LogP contribution in [-0.2, 0) is 9.59 Å². The molecule has 0 unspecified atom stereocenters. The van der Waals surface area contributed by atoms with Crippen molar-refractivity contribution >= 4 is 17.5 Å². The summed E-state index contributed by atoms with van der Waals surface area (Å²) in [5.41, 5.74) is 0.731. The first kappa shape index (κ1) is 16.1. The smallest absolute Gasteiger partial charge is 0.231 e. The number of nitrogens with zero attached hydrogens (tertiary/aromatic N) is 1. The number of benzene rings is 1. The van der Waals surface area contributed by atoms with Crippen molar-refractivity contribution in [2.24, 2.45) is 5.92 Å². The summed E-state index contributed by atoms with van der Waals surface area (Å²) in [6.45, 7) is 6.52. The van der Waals surface area contributed by atoms with Crippen LogP contribution in [0.5, 0.6) is 11.5 Å². The summed E-state index contributed by atoms with van der Waals surface area (Å²) in [6.07, 6.45) is 0.490. The number of ether oxygens (including phenoxy) is 2. The lowest BCUT2D eigenvalue weighted by atomic mass is 10.1. The molecule has 1 heterocycles. The van der Waals surface area contributed by atoms with Gasteiger partial charge in [-0.25, -0.2) is 0 Å². The Bertz CT molecular complexity index is 557. The Morgan fingerprint density at radius 2 is 2.00 bits per heavy atom. The molecule has 1 N–H and O–H groups in total. The first-order valence-corrected chi connectivity index (χ1v) is 7.42. The van der Waals surface area contributed by atoms with Crippen molar-refractivity contribution in [2.75, 3.05) is 24.8 Å². The maximum atomic E-state index is 11.8. The van der Waals surface area contributed by atoms with Crippen LogP contribution in [0.4, 0.5) is 5.69 Å². The molecular formula is C16H22N2O4. The number of anilines is 1. The van der Waals surface area contributed by atoms with Crippen LogP contribution < -0.4 is 19.7 Å². The van der Waals surface area contributed by atoms with E-state index in [0.29, 0.717) is 36.9 Å². The van der Waals surface area contributed by atoms with E-state index in [1.165, 1.54) is 6.92 Å². The van der Waals surface area contributed by atoms with E-state index in [-0.39, 0.29) is 18.6 Å². The molecule has 1 aliphatic rings. The number of amides is 2. The summed E-state index contributed by atoms with van der Waals surface area (Å²) in [5, 5.41) is 2.83. The Morgan fingerprint density at radius 1 is 1.27 bits per heavy atom. The minimum absolute atomic E-state index is 0.00388. The van der Waals surface area contributed by atoms with Gasteiger partial charge in [-0.2, -0.15) is 0 Å². The van der Waals surface area contributed by atoms with Gasteiger partial charge in [0.05, 0.1) is 0 Å². The average molecular weight is 306 g/mol. The highest BCUT2D eigenvalue weighted by molar-refractivity contribution is 5.92. The summed E-state index contributed by atoms with van der Waals surface area (Å²) >= 11 is 0. The van der Waals surface area contributed by atoms with Crippen LogP contribution in [0.3, 0.4) is 0 Å². The Hall–Kier alpha value is -2.24. The SMILES string of the molecule is CC(=O)N(CCNC(=O)CC(C)C)c1ccc2c(c1)OCO2. The van der Waals surface area contributed by atoms with Crippen LogP contribution in [0, 0.1) is 5.92 Å². The zero-order valence-corrected chi connectivity index (χ0v) is 13.2. The molecular weight excluding hydrogens is 284 g/mol. The van der Waals surface area contributed by atoms with Crippen LogP contribution in [0.25, 0.3) is 0 Å². The van der Waals surface area contributed by atoms with Crippen molar-refractivity contribution in [1.29, 1.82) is 0 Å². The van der Waals surface area contributed by atoms with E-state index in [4.69, 9.17) is 9.47 Å². The quantitative estimate of drug-likeness (QED) is 0.872. The van der Waals surface area contributed by atoms with Crippen molar-refractivity contribution in [3.05, 3.63) is 18.2 Å². The van der Waals surface area contributed by atoms with Crippen molar-refractivity contribution in [1.82, 2.24) is 5.32 Å². The first-order valence-electron chi connectivity index (χ1n) is 7.42. The van der Waals surface area contributed by atoms with Crippen LogP contribution in [0.15, 0.2) is 18.2 Å². The molecule has 0 fully saturated rings. The lowest BCUT2D eigenvalue weighted by Crippen LogP contribution is -2.37. The van der Waals surface area contributed by atoms with Crippen molar-refractivity contribution in [3.8, 4) is 11.5 Å². The number of nitrogens with one attached hydrogen (secondary N) is 1. The summed E-state index contributed by atoms with van der Waals surface area (Å²) in [4.78, 5) is 25.1. The molecule has 6 nitrogen and oxygen atoms in total. The van der Waals surface area contributed by atoms with E-state index in [1.807, 2.05) is 19.9 Å². The van der Waals surface area contributed by atoms with E-state index in [9.17, 15) is 9.59 Å². The number of hydrogen-bond acceptors (Lipinski definition) is 4. The molecule has 6 heteroatoms. The zero-order valence-electron chi connectivity index (χ0n) is 13.2. The maximum absolute atomic E-state index is 11.8. The molecule has 22 heavy (non-hydrogen) atoms. The van der Waals surface area contributed by atoms with E-state index >= 15 is 0 Å². The molecule has 1 aromatic carbocycles. The van der Waals surface area contributed by atoms with Gasteiger partial charge in [0, 0.05) is 38.2 Å². The summed E-state index contributed by atoms with van der Waals surface area (Å²) in [5.74, 6) is 1.55. The summed E-state index contributed by atoms with van der Waals surface area (Å²) in [7, 11) is 0. The van der Waals surface area contributed by atoms with Gasteiger partial charge >= 0.3 is 0 Å². The van der Waals surface area contributed by atoms with Gasteiger partial charge < -0.3 is 19.7 Å². The second kappa shape index (κ2) is 7.15. The molecule has 0 saturated carbocycles. The fourth-order valence-corrected chi connectivity index (χ4v) is 2.27. The highest BCUT2D eigenvalue weighted by atomic mass is 16.7. The lowest BCUT2D eigenvalue weighted by molar-refractivity contribution is -0.122. The number of fused-ring (bicyclic) bond motifs is 1. The van der Waals surface area contributed by atoms with Gasteiger partial charge in [0.2, 0.25) is 18.6 Å². The van der Waals surface area contributed by atoms with Crippen LogP contribution in [0.2, 0.25) is 0 Å². The molecule has 2 amide bonds. The normalized spacial score (nSPS) is 12.4. The van der Waals surface area contributed by atoms with Gasteiger partial charge in [0.1, 0.15) is 0 Å². The fraction of sp³-hybridized carbons (Fsp3) is 0.500. The van der Waals surface area contributed by atoms with Gasteiger partial charge in [-0.05, 0) is 18.1 Å². The Kier molecular flexibility index (Phi) is 5.25. The van der Waals surface area contributed by atoms with Gasteiger partial charge in [0.15, 0.2) is 11.5 Å². The van der Waals surface area contributed by atoms with Crippen LogP contribution in [-0.4, -0.2) is 31.7 Å². The summed E-state index contributed by atoms with van der Waals surface area (Å²) in [6, 6.07) is 5.37. The zero-order chi connectivity index (χ0) is 16.1. The highest BCUT2D eigenvalue weighted by Gasteiger charge is 2.18. The molecule has 0 atom stereocenters. The maximum Gasteiger partial charge on any atom is 0.231 e. The molecule has 0 aliphatic carbocycles. The Morgan fingerprint density at radius 3 is 2.68 bits per heavy atom. The van der Waals surface area contributed by atoms with Gasteiger partial charge in [-0.15, -0.1) is 0 Å². The lowest BCUT2D eigenvalue weighted by Gasteiger charge is -2.21. The highest BCUT2D eigenvalue weighted by Crippen LogP contribution is 2.35. The van der Waals surface area contributed by atoms with Crippen molar-refractivity contribution < 1.29 is 19.1 Å². The molecule has 0 saturated heterocycles. The summed E-state index contributed by atoms with van der Waals surface area (Å²) < 4.78 is 10.6. The molecule has 1 aliphatic heterocycles. The average Bonchev–Trinajstić information content (AvgIpc) is 2.89. The number of carbonyl (C=O) groups is 2. The second-order valence-corrected chi connectivity index (χ2v) is 5.66. The molecule has 0 spiro atoms. The fourth-order valence-electron chi connectivity index (χ4n) is 2.27. The van der Waals surface area contributed by atoms with Crippen molar-refractivity contribution in [3.63, 3.8) is 0 Å². The minimum Gasteiger partial charge on any atom is -0.454 e. The predicted molar refractivity (Wildman–Crippen MR) is 83.1 cm³/mol. The second-order valence-electron chi connectivity index (χ2n) is 5.66. The van der Waals surface area contributed by atoms with Gasteiger partial charge in [0.25, 0.3) is 0 Å². The molecule has 1 aromatic rings. The van der Waals surface area contributed by atoms with Crippen LogP contribution in [0.1, 0.15) is 27.2 Å². The third-order valence-corrected chi connectivity index (χ3v) is 3.30. The standard InChI is InChI=1S/C16H22N2O4/c1-11(2)8-16(20)17-6-7-18(12(3)19)13-4-5-14-15(9-13)22-10-21-14/h4-5,9,11H,6-8,10H2,1-3H3,(H,17,20). The number of hydrogen-bond donors (Lipinski definition) is 1. The largest absolute Gasteiger partial charge is 0.454 e. The van der Waals surface area contributed by atoms with Gasteiger partial charge in [-0.1, -0.05) is 13.8 Å². The molecule has 0 radical (unpaired) electrons. The number of carbonyl (C=O) groups excluding carboxylic acids is 2. The third-order valence-electron chi connectivity index (χ3n) is 3.30. The van der Waals surface area contributed by atoms with Gasteiger partial charge in [-0.3, -0.25) is 9.59 Å². The van der Waals surface area contributed by atoms with E-state index in [2.05, 4.69) is 5.32 Å². The third kappa shape index (κ3) is 4.13. The van der Waals surface area contributed by atoms with E-state index in [1.54, 1.807) is 17.0 Å². The Labute approximate surface area is 130 Å². The van der Waals surface area contributed by atoms with Crippen molar-refractivity contribution in [2.45, 2.75) is 27.2 Å². The molecule has 120 valence electrons. The first-order chi connectivity index (χ1) is 10.5. The topological polar surface area (TPSA) is 67.9 Å². The minimum atomic E-state index is -0.0861. The molecule has 0 bridgehead atoms. The van der Waals surface area contributed by atoms with E-state index in [0.717, 1.165) is 5.69 Å². The number of rotatable bonds is 6. The Balaban J connectivity index is 1.96. The van der Waals surface area contributed by atoms with E-state index < -0.39 is 0 Å². The monoisotopic (exact) mass is 306 g/mol. The molecule has 2 rings (SSSR count). The molecule has 0 aromatic heterocycles. The predicted octanol–water partition coefficient (Wildman–Crippen LogP) is 1.93.